The number of hydrogen-bond acceptors (Lipinski definition) is 5. The Bertz CT molecular complexity index is 1230. The van der Waals surface area contributed by atoms with Crippen LogP contribution in [0.2, 0.25) is 0 Å². The van der Waals surface area contributed by atoms with E-state index in [9.17, 15) is 13.2 Å². The highest BCUT2D eigenvalue weighted by Gasteiger charge is 2.35. The summed E-state index contributed by atoms with van der Waals surface area (Å²) in [5.74, 6) is 0.0888. The first-order valence-corrected chi connectivity index (χ1v) is 13.4. The number of rotatable bonds is 8. The molecule has 3 aromatic rings. The van der Waals surface area contributed by atoms with Crippen LogP contribution in [0.25, 0.3) is 11.0 Å². The van der Waals surface area contributed by atoms with Crippen molar-refractivity contribution in [2.75, 3.05) is 29.5 Å². The number of aryl methyl sites for hydroxylation is 1. The summed E-state index contributed by atoms with van der Waals surface area (Å²) >= 11 is 0. The molecular weight excluding hydrogens is 436 g/mol. The Labute approximate surface area is 196 Å². The summed E-state index contributed by atoms with van der Waals surface area (Å²) < 4.78 is 30.0. The molecule has 0 N–H and O–H groups in total. The number of benzene rings is 2. The van der Waals surface area contributed by atoms with Crippen molar-refractivity contribution in [1.29, 1.82) is 0 Å². The van der Waals surface area contributed by atoms with Gasteiger partial charge in [-0.3, -0.25) is 4.79 Å². The Hall–Kier alpha value is -2.80. The third-order valence-corrected chi connectivity index (χ3v) is 8.29. The molecule has 0 radical (unpaired) electrons. The molecule has 1 atom stereocenters. The van der Waals surface area contributed by atoms with E-state index in [0.717, 1.165) is 46.4 Å². The molecule has 0 saturated carbocycles. The summed E-state index contributed by atoms with van der Waals surface area (Å²) in [7, 11) is -3.11. The minimum absolute atomic E-state index is 0.0294. The molecule has 1 amide bonds. The van der Waals surface area contributed by atoms with Gasteiger partial charge in [0.2, 0.25) is 5.91 Å². The molecule has 176 valence electrons. The maximum absolute atomic E-state index is 13.5. The molecule has 0 aliphatic carbocycles. The summed E-state index contributed by atoms with van der Waals surface area (Å²) in [4.78, 5) is 17.5. The van der Waals surface area contributed by atoms with E-state index in [1.54, 1.807) is 11.2 Å². The number of hydrogen-bond donors (Lipinski definition) is 0. The van der Waals surface area contributed by atoms with Gasteiger partial charge < -0.3 is 14.2 Å². The van der Waals surface area contributed by atoms with Gasteiger partial charge in [0.1, 0.15) is 5.58 Å². The predicted octanol–water partition coefficient (Wildman–Crippen LogP) is 4.35. The summed E-state index contributed by atoms with van der Waals surface area (Å²) in [6.45, 7) is 8.50. The second-order valence-electron chi connectivity index (χ2n) is 8.85. The molecule has 2 heterocycles. The molecule has 1 unspecified atom stereocenters. The smallest absolute Gasteiger partial charge is 0.227 e. The highest BCUT2D eigenvalue weighted by atomic mass is 32.2. The van der Waals surface area contributed by atoms with Gasteiger partial charge in [0.05, 0.1) is 24.2 Å². The van der Waals surface area contributed by atoms with Crippen LogP contribution >= 0.6 is 0 Å². The lowest BCUT2D eigenvalue weighted by Gasteiger charge is -2.29. The summed E-state index contributed by atoms with van der Waals surface area (Å²) in [6.07, 6.45) is 2.31. The van der Waals surface area contributed by atoms with E-state index in [0.29, 0.717) is 13.0 Å². The van der Waals surface area contributed by atoms with E-state index in [2.05, 4.69) is 30.9 Å². The fourth-order valence-corrected chi connectivity index (χ4v) is 6.36. The van der Waals surface area contributed by atoms with Gasteiger partial charge in [0.25, 0.3) is 0 Å². The predicted molar refractivity (Wildman–Crippen MR) is 132 cm³/mol. The Kier molecular flexibility index (Phi) is 6.79. The van der Waals surface area contributed by atoms with E-state index in [-0.39, 0.29) is 29.9 Å². The van der Waals surface area contributed by atoms with Gasteiger partial charge in [-0.1, -0.05) is 24.3 Å². The van der Waals surface area contributed by atoms with Crippen LogP contribution in [0.1, 0.15) is 37.0 Å². The van der Waals surface area contributed by atoms with Crippen molar-refractivity contribution in [3.8, 4) is 0 Å². The Morgan fingerprint density at radius 2 is 1.82 bits per heavy atom. The van der Waals surface area contributed by atoms with Crippen molar-refractivity contribution in [2.24, 2.45) is 0 Å². The van der Waals surface area contributed by atoms with E-state index in [4.69, 9.17) is 4.42 Å². The van der Waals surface area contributed by atoms with Crippen LogP contribution in [-0.4, -0.2) is 49.9 Å². The van der Waals surface area contributed by atoms with Crippen LogP contribution in [0.5, 0.6) is 0 Å². The lowest BCUT2D eigenvalue weighted by molar-refractivity contribution is -0.133. The van der Waals surface area contributed by atoms with E-state index in [1.165, 1.54) is 0 Å². The average Bonchev–Trinajstić information content (AvgIpc) is 3.35. The first kappa shape index (κ1) is 23.4. The SMILES string of the molecule is CCN(CC)c1ccc(CN(C(=O)Cc2coc3cc(C)ccc23)C2CCS(=O)(=O)C2)cc1. The highest BCUT2D eigenvalue weighted by molar-refractivity contribution is 7.91. The second kappa shape index (κ2) is 9.59. The van der Waals surface area contributed by atoms with E-state index in [1.807, 2.05) is 37.3 Å². The monoisotopic (exact) mass is 468 g/mol. The van der Waals surface area contributed by atoms with E-state index < -0.39 is 9.84 Å². The van der Waals surface area contributed by atoms with Crippen molar-refractivity contribution >= 4 is 32.4 Å². The fraction of sp³-hybridized carbons (Fsp3) is 0.423. The summed E-state index contributed by atoms with van der Waals surface area (Å²) in [6, 6.07) is 13.9. The molecule has 7 heteroatoms. The van der Waals surface area contributed by atoms with Crippen LogP contribution in [-0.2, 0) is 27.6 Å². The topological polar surface area (TPSA) is 70.8 Å². The van der Waals surface area contributed by atoms with Gasteiger partial charge in [0, 0.05) is 42.3 Å². The minimum atomic E-state index is -3.11. The highest BCUT2D eigenvalue weighted by Crippen LogP contribution is 2.26. The number of anilines is 1. The van der Waals surface area contributed by atoms with E-state index >= 15 is 0 Å². The van der Waals surface area contributed by atoms with Gasteiger partial charge in [0.15, 0.2) is 9.84 Å². The molecule has 1 aliphatic heterocycles. The zero-order valence-electron chi connectivity index (χ0n) is 19.6. The number of carbonyl (C=O) groups excluding carboxylic acids is 1. The van der Waals surface area contributed by atoms with Crippen LogP contribution in [0.15, 0.2) is 53.1 Å². The molecule has 2 aromatic carbocycles. The Balaban J connectivity index is 1.57. The first-order chi connectivity index (χ1) is 15.8. The number of carbonyl (C=O) groups is 1. The van der Waals surface area contributed by atoms with Gasteiger partial charge in [-0.05, 0) is 56.5 Å². The van der Waals surface area contributed by atoms with Gasteiger partial charge in [-0.2, -0.15) is 0 Å². The zero-order valence-corrected chi connectivity index (χ0v) is 20.4. The van der Waals surface area contributed by atoms with Gasteiger partial charge in [-0.25, -0.2) is 8.42 Å². The minimum Gasteiger partial charge on any atom is -0.464 e. The zero-order chi connectivity index (χ0) is 23.6. The number of amides is 1. The molecule has 1 aliphatic rings. The third kappa shape index (κ3) is 5.24. The number of nitrogens with zero attached hydrogens (tertiary/aromatic N) is 2. The number of sulfone groups is 1. The van der Waals surface area contributed by atoms with Crippen LogP contribution in [0, 0.1) is 6.92 Å². The standard InChI is InChI=1S/C26H32N2O4S/c1-4-27(5-2)22-9-7-20(8-10-22)16-28(23-12-13-33(30,31)18-23)26(29)15-21-17-32-25-14-19(3)6-11-24(21)25/h6-11,14,17,23H,4-5,12-13,15-16,18H2,1-3H3. The largest absolute Gasteiger partial charge is 0.464 e. The maximum atomic E-state index is 13.5. The van der Waals surface area contributed by atoms with Gasteiger partial charge >= 0.3 is 0 Å². The maximum Gasteiger partial charge on any atom is 0.227 e. The first-order valence-electron chi connectivity index (χ1n) is 11.6. The van der Waals surface area contributed by atoms with Crippen LogP contribution in [0.3, 0.4) is 0 Å². The number of furan rings is 1. The summed E-state index contributed by atoms with van der Waals surface area (Å²) in [5, 5.41) is 0.927. The van der Waals surface area contributed by atoms with Crippen molar-refractivity contribution < 1.29 is 17.6 Å². The molecule has 33 heavy (non-hydrogen) atoms. The average molecular weight is 469 g/mol. The summed E-state index contributed by atoms with van der Waals surface area (Å²) in [5.41, 5.74) is 4.83. The van der Waals surface area contributed by atoms with Gasteiger partial charge in [-0.15, -0.1) is 0 Å². The van der Waals surface area contributed by atoms with Crippen LogP contribution in [0.4, 0.5) is 5.69 Å². The third-order valence-electron chi connectivity index (χ3n) is 6.54. The lowest BCUT2D eigenvalue weighted by Crippen LogP contribution is -2.41. The van der Waals surface area contributed by atoms with Crippen molar-refractivity contribution in [3.05, 3.63) is 65.4 Å². The van der Waals surface area contributed by atoms with Crippen molar-refractivity contribution in [3.63, 3.8) is 0 Å². The fourth-order valence-electron chi connectivity index (χ4n) is 4.63. The van der Waals surface area contributed by atoms with Crippen molar-refractivity contribution in [2.45, 2.75) is 46.2 Å². The molecule has 0 spiro atoms. The quantitative estimate of drug-likeness (QED) is 0.492. The van der Waals surface area contributed by atoms with Crippen molar-refractivity contribution in [1.82, 2.24) is 4.90 Å². The Morgan fingerprint density at radius 1 is 1.09 bits per heavy atom. The molecule has 4 rings (SSSR count). The molecule has 1 aromatic heterocycles. The normalized spacial score (nSPS) is 17.4. The Morgan fingerprint density at radius 3 is 2.45 bits per heavy atom. The van der Waals surface area contributed by atoms with Crippen LogP contribution < -0.4 is 4.90 Å². The molecule has 6 nitrogen and oxygen atoms in total. The molecule has 0 bridgehead atoms. The molecule has 1 saturated heterocycles. The lowest BCUT2D eigenvalue weighted by atomic mass is 10.1. The molecular formula is C26H32N2O4S. The number of fused-ring (bicyclic) bond motifs is 1. The second-order valence-corrected chi connectivity index (χ2v) is 11.1. The molecule has 1 fully saturated rings.